The summed E-state index contributed by atoms with van der Waals surface area (Å²) < 4.78 is 0.727. The Hall–Kier alpha value is -1.66. The van der Waals surface area contributed by atoms with E-state index in [9.17, 15) is 4.79 Å². The summed E-state index contributed by atoms with van der Waals surface area (Å²) >= 11 is 3.51. The number of rotatable bonds is 2. The predicted molar refractivity (Wildman–Crippen MR) is 85.1 cm³/mol. The van der Waals surface area contributed by atoms with Gasteiger partial charge in [-0.3, -0.25) is 9.89 Å². The first-order chi connectivity index (χ1) is 10.2. The van der Waals surface area contributed by atoms with E-state index >= 15 is 0 Å². The lowest BCUT2D eigenvalue weighted by molar-refractivity contribution is 0.0702. The summed E-state index contributed by atoms with van der Waals surface area (Å²) in [4.78, 5) is 14.5. The van der Waals surface area contributed by atoms with E-state index in [1.54, 1.807) is 0 Å². The number of hydrogen-bond acceptors (Lipinski definition) is 3. The second-order valence-electron chi connectivity index (χ2n) is 5.23. The van der Waals surface area contributed by atoms with Crippen LogP contribution in [0, 0.1) is 0 Å². The van der Waals surface area contributed by atoms with Gasteiger partial charge in [-0.15, -0.1) is 0 Å². The minimum Gasteiger partial charge on any atom is -0.334 e. The van der Waals surface area contributed by atoms with Crippen molar-refractivity contribution in [1.82, 2.24) is 20.4 Å². The summed E-state index contributed by atoms with van der Waals surface area (Å²) in [5, 5.41) is 10.5. The van der Waals surface area contributed by atoms with Gasteiger partial charge in [-0.05, 0) is 22.9 Å². The average molecular weight is 349 g/mol. The van der Waals surface area contributed by atoms with Crippen LogP contribution in [0.3, 0.4) is 0 Å². The summed E-state index contributed by atoms with van der Waals surface area (Å²) in [6.45, 7) is 4.33. The standard InChI is InChI=1S/C15H17BrN4O/c1-10-9-20(8-7-17-10)15(21)14-12(16)13(18-19-14)11-5-3-2-4-6-11/h2-6,10,17H,7-9H2,1H3,(H,18,19)/t10-/m1/s1. The number of nitrogens with zero attached hydrogens (tertiary/aromatic N) is 2. The number of amides is 1. The topological polar surface area (TPSA) is 61.0 Å². The Balaban J connectivity index is 1.87. The molecule has 1 amide bonds. The van der Waals surface area contributed by atoms with Crippen molar-refractivity contribution in [3.8, 4) is 11.3 Å². The fourth-order valence-electron chi connectivity index (χ4n) is 2.53. The quantitative estimate of drug-likeness (QED) is 0.875. The fourth-order valence-corrected chi connectivity index (χ4v) is 3.11. The number of H-pyrrole nitrogens is 1. The number of piperazine rings is 1. The molecular formula is C15H17BrN4O. The number of aromatic amines is 1. The second-order valence-corrected chi connectivity index (χ2v) is 6.03. The van der Waals surface area contributed by atoms with Crippen LogP contribution in [0.4, 0.5) is 0 Å². The van der Waals surface area contributed by atoms with Crippen LogP contribution in [0.25, 0.3) is 11.3 Å². The van der Waals surface area contributed by atoms with Gasteiger partial charge < -0.3 is 10.2 Å². The van der Waals surface area contributed by atoms with Gasteiger partial charge in [0.2, 0.25) is 0 Å². The van der Waals surface area contributed by atoms with Crippen molar-refractivity contribution in [1.29, 1.82) is 0 Å². The lowest BCUT2D eigenvalue weighted by atomic mass is 10.1. The maximum absolute atomic E-state index is 12.6. The van der Waals surface area contributed by atoms with E-state index in [0.717, 1.165) is 28.8 Å². The van der Waals surface area contributed by atoms with E-state index in [0.29, 0.717) is 18.3 Å². The third kappa shape index (κ3) is 2.87. The minimum absolute atomic E-state index is 0.00935. The van der Waals surface area contributed by atoms with Crippen LogP contribution in [-0.4, -0.2) is 46.7 Å². The van der Waals surface area contributed by atoms with Gasteiger partial charge in [0.25, 0.3) is 5.91 Å². The molecule has 0 spiro atoms. The summed E-state index contributed by atoms with van der Waals surface area (Å²) in [5.74, 6) is -0.00935. The van der Waals surface area contributed by atoms with Crippen molar-refractivity contribution in [2.45, 2.75) is 13.0 Å². The zero-order valence-electron chi connectivity index (χ0n) is 11.8. The molecule has 110 valence electrons. The minimum atomic E-state index is -0.00935. The van der Waals surface area contributed by atoms with E-state index in [1.165, 1.54) is 0 Å². The Morgan fingerprint density at radius 3 is 2.86 bits per heavy atom. The maximum Gasteiger partial charge on any atom is 0.273 e. The van der Waals surface area contributed by atoms with Gasteiger partial charge in [-0.1, -0.05) is 30.3 Å². The Kier molecular flexibility index (Phi) is 4.07. The molecule has 2 aromatic rings. The third-order valence-electron chi connectivity index (χ3n) is 3.62. The number of halogens is 1. The van der Waals surface area contributed by atoms with Crippen LogP contribution in [0.5, 0.6) is 0 Å². The smallest absolute Gasteiger partial charge is 0.273 e. The molecule has 0 radical (unpaired) electrons. The van der Waals surface area contributed by atoms with Gasteiger partial charge in [-0.2, -0.15) is 5.10 Å². The largest absolute Gasteiger partial charge is 0.334 e. The Bertz CT molecular complexity index is 640. The molecule has 21 heavy (non-hydrogen) atoms. The highest BCUT2D eigenvalue weighted by Crippen LogP contribution is 2.29. The molecule has 1 aliphatic heterocycles. The summed E-state index contributed by atoms with van der Waals surface area (Å²) in [7, 11) is 0. The van der Waals surface area contributed by atoms with E-state index in [1.807, 2.05) is 35.2 Å². The molecule has 1 aromatic carbocycles. The van der Waals surface area contributed by atoms with Gasteiger partial charge in [0, 0.05) is 31.2 Å². The third-order valence-corrected chi connectivity index (χ3v) is 4.40. The van der Waals surface area contributed by atoms with Crippen molar-refractivity contribution in [3.05, 3.63) is 40.5 Å². The lowest BCUT2D eigenvalue weighted by Crippen LogP contribution is -2.51. The Morgan fingerprint density at radius 2 is 2.14 bits per heavy atom. The molecule has 0 bridgehead atoms. The van der Waals surface area contributed by atoms with Crippen LogP contribution < -0.4 is 5.32 Å². The predicted octanol–water partition coefficient (Wildman–Crippen LogP) is 2.27. The van der Waals surface area contributed by atoms with Crippen LogP contribution in [0.15, 0.2) is 34.8 Å². The molecule has 1 saturated heterocycles. The molecule has 0 saturated carbocycles. The number of carbonyl (C=O) groups excluding carboxylic acids is 1. The summed E-state index contributed by atoms with van der Waals surface area (Å²) in [6.07, 6.45) is 0. The molecule has 1 aliphatic rings. The highest BCUT2D eigenvalue weighted by Gasteiger charge is 2.26. The first kappa shape index (κ1) is 14.3. The van der Waals surface area contributed by atoms with E-state index in [-0.39, 0.29) is 5.91 Å². The van der Waals surface area contributed by atoms with Crippen LogP contribution in [-0.2, 0) is 0 Å². The van der Waals surface area contributed by atoms with Crippen molar-refractivity contribution < 1.29 is 4.79 Å². The molecule has 1 fully saturated rings. The Morgan fingerprint density at radius 1 is 1.38 bits per heavy atom. The molecule has 0 aliphatic carbocycles. The fraction of sp³-hybridized carbons (Fsp3) is 0.333. The summed E-state index contributed by atoms with van der Waals surface area (Å²) in [5.41, 5.74) is 2.26. The molecule has 0 unspecified atom stereocenters. The SMILES string of the molecule is C[C@@H]1CN(C(=O)c2[nH]nc(-c3ccccc3)c2Br)CCN1. The first-order valence-electron chi connectivity index (χ1n) is 6.98. The molecular weight excluding hydrogens is 332 g/mol. The number of nitrogens with one attached hydrogen (secondary N) is 2. The molecule has 2 N–H and O–H groups in total. The molecule has 2 heterocycles. The number of aromatic nitrogens is 2. The molecule has 1 aromatic heterocycles. The molecule has 6 heteroatoms. The van der Waals surface area contributed by atoms with Crippen molar-refractivity contribution in [2.75, 3.05) is 19.6 Å². The van der Waals surface area contributed by atoms with E-state index in [2.05, 4.69) is 38.4 Å². The van der Waals surface area contributed by atoms with E-state index < -0.39 is 0 Å². The highest BCUT2D eigenvalue weighted by molar-refractivity contribution is 9.10. The normalized spacial score (nSPS) is 18.8. The monoisotopic (exact) mass is 348 g/mol. The molecule has 5 nitrogen and oxygen atoms in total. The van der Waals surface area contributed by atoms with Crippen molar-refractivity contribution in [2.24, 2.45) is 0 Å². The molecule has 3 rings (SSSR count). The molecule has 1 atom stereocenters. The van der Waals surface area contributed by atoms with Crippen LogP contribution >= 0.6 is 15.9 Å². The Labute approximate surface area is 131 Å². The number of benzene rings is 1. The van der Waals surface area contributed by atoms with Gasteiger partial charge >= 0.3 is 0 Å². The van der Waals surface area contributed by atoms with Gasteiger partial charge in [0.15, 0.2) is 0 Å². The van der Waals surface area contributed by atoms with Crippen molar-refractivity contribution in [3.63, 3.8) is 0 Å². The summed E-state index contributed by atoms with van der Waals surface area (Å²) in [6, 6.07) is 10.1. The van der Waals surface area contributed by atoms with Crippen molar-refractivity contribution >= 4 is 21.8 Å². The number of hydrogen-bond donors (Lipinski definition) is 2. The number of carbonyl (C=O) groups is 1. The zero-order valence-corrected chi connectivity index (χ0v) is 13.4. The highest BCUT2D eigenvalue weighted by atomic mass is 79.9. The van der Waals surface area contributed by atoms with Gasteiger partial charge in [0.1, 0.15) is 11.4 Å². The second kappa shape index (κ2) is 5.99. The van der Waals surface area contributed by atoms with E-state index in [4.69, 9.17) is 0 Å². The average Bonchev–Trinajstić information content (AvgIpc) is 2.89. The van der Waals surface area contributed by atoms with Gasteiger partial charge in [-0.25, -0.2) is 0 Å². The zero-order chi connectivity index (χ0) is 14.8. The lowest BCUT2D eigenvalue weighted by Gasteiger charge is -2.31. The first-order valence-corrected chi connectivity index (χ1v) is 7.78. The van der Waals surface area contributed by atoms with Crippen LogP contribution in [0.2, 0.25) is 0 Å². The van der Waals surface area contributed by atoms with Gasteiger partial charge in [0.05, 0.1) is 4.47 Å². The van der Waals surface area contributed by atoms with Crippen LogP contribution in [0.1, 0.15) is 17.4 Å². The maximum atomic E-state index is 12.6.